The highest BCUT2D eigenvalue weighted by atomic mass is 35.5. The highest BCUT2D eigenvalue weighted by molar-refractivity contribution is 6.36. The summed E-state index contributed by atoms with van der Waals surface area (Å²) in [5, 5.41) is 12.7. The molecule has 49 heavy (non-hydrogen) atoms. The number of halogens is 1. The Hall–Kier alpha value is -3.91. The predicted molar refractivity (Wildman–Crippen MR) is 190 cm³/mol. The van der Waals surface area contributed by atoms with Gasteiger partial charge in [-0.2, -0.15) is 15.2 Å². The fourth-order valence-corrected chi connectivity index (χ4v) is 8.90. The molecule has 0 saturated carbocycles. The molecule has 0 unspecified atom stereocenters. The maximum Gasteiger partial charge on any atom is 0.318 e. The van der Waals surface area contributed by atoms with Gasteiger partial charge in [-0.1, -0.05) is 48.9 Å². The first-order valence-corrected chi connectivity index (χ1v) is 18.1. The molecule has 5 aliphatic rings. The van der Waals surface area contributed by atoms with Gasteiger partial charge in [-0.25, -0.2) is 0 Å². The monoisotopic (exact) mass is 681 g/mol. The lowest BCUT2D eigenvalue weighted by Crippen LogP contribution is -2.55. The molecule has 1 amide bonds. The smallest absolute Gasteiger partial charge is 0.318 e. The Balaban J connectivity index is 1.10. The molecule has 1 aromatic heterocycles. The van der Waals surface area contributed by atoms with Crippen LogP contribution in [0.15, 0.2) is 48.6 Å². The molecule has 0 radical (unpaired) electrons. The second-order valence-corrected chi connectivity index (χ2v) is 15.1. The Labute approximate surface area is 293 Å². The molecule has 11 heteroatoms. The van der Waals surface area contributed by atoms with E-state index in [-0.39, 0.29) is 29.3 Å². The SMILES string of the molecule is CC1(/C=C/C(=O)N2CCN(c3nc(OCC45CCCN4CCC5)nc4c3CCN(c3cccc5cccc(Cl)c35)C4)C[C@@H]2CC#N)COC1. The van der Waals surface area contributed by atoms with Crippen LogP contribution in [0.3, 0.4) is 0 Å². The van der Waals surface area contributed by atoms with E-state index in [9.17, 15) is 10.1 Å². The topological polar surface area (TPSA) is 98.1 Å². The van der Waals surface area contributed by atoms with Crippen LogP contribution in [-0.2, 0) is 22.5 Å². The third-order valence-corrected chi connectivity index (χ3v) is 11.7. The quantitative estimate of drug-likeness (QED) is 0.291. The van der Waals surface area contributed by atoms with E-state index < -0.39 is 0 Å². The maximum atomic E-state index is 13.4. The number of piperazine rings is 1. The number of aromatic nitrogens is 2. The largest absolute Gasteiger partial charge is 0.461 e. The van der Waals surface area contributed by atoms with Gasteiger partial charge in [-0.15, -0.1) is 0 Å². The van der Waals surface area contributed by atoms with Gasteiger partial charge < -0.3 is 24.2 Å². The summed E-state index contributed by atoms with van der Waals surface area (Å²) in [6, 6.07) is 14.9. The van der Waals surface area contributed by atoms with Gasteiger partial charge in [0.05, 0.1) is 54.5 Å². The van der Waals surface area contributed by atoms with Crippen molar-refractivity contribution in [2.45, 2.75) is 63.6 Å². The van der Waals surface area contributed by atoms with E-state index in [1.807, 2.05) is 23.1 Å². The zero-order chi connectivity index (χ0) is 33.6. The van der Waals surface area contributed by atoms with Crippen molar-refractivity contribution in [1.82, 2.24) is 19.8 Å². The maximum absolute atomic E-state index is 13.4. The van der Waals surface area contributed by atoms with Crippen LogP contribution in [0.2, 0.25) is 5.02 Å². The van der Waals surface area contributed by atoms with E-state index in [0.717, 1.165) is 77.5 Å². The number of hydrogen-bond donors (Lipinski definition) is 0. The van der Waals surface area contributed by atoms with Crippen LogP contribution in [0.4, 0.5) is 11.5 Å². The predicted octanol–water partition coefficient (Wildman–Crippen LogP) is 5.38. The van der Waals surface area contributed by atoms with E-state index in [1.54, 1.807) is 6.08 Å². The van der Waals surface area contributed by atoms with Crippen molar-refractivity contribution in [3.63, 3.8) is 0 Å². The molecular weight excluding hydrogens is 638 g/mol. The number of carbonyl (C=O) groups is 1. The first-order valence-electron chi connectivity index (χ1n) is 17.7. The Morgan fingerprint density at radius 3 is 2.63 bits per heavy atom. The van der Waals surface area contributed by atoms with Crippen LogP contribution in [-0.4, -0.2) is 96.3 Å². The Morgan fingerprint density at radius 1 is 1.08 bits per heavy atom. The molecule has 3 aromatic rings. The van der Waals surface area contributed by atoms with Gasteiger partial charge in [-0.3, -0.25) is 9.69 Å². The molecule has 1 atom stereocenters. The second kappa shape index (κ2) is 13.1. The van der Waals surface area contributed by atoms with Gasteiger partial charge in [0.1, 0.15) is 12.4 Å². The minimum atomic E-state index is -0.251. The van der Waals surface area contributed by atoms with E-state index in [2.05, 4.69) is 52.0 Å². The number of amides is 1. The Bertz CT molecular complexity index is 1810. The molecule has 6 heterocycles. The van der Waals surface area contributed by atoms with Gasteiger partial charge in [0.2, 0.25) is 5.91 Å². The van der Waals surface area contributed by atoms with E-state index >= 15 is 0 Å². The molecule has 0 bridgehead atoms. The summed E-state index contributed by atoms with van der Waals surface area (Å²) in [6.45, 7) is 9.24. The van der Waals surface area contributed by atoms with Crippen molar-refractivity contribution in [2.24, 2.45) is 5.41 Å². The van der Waals surface area contributed by atoms with Crippen molar-refractivity contribution in [3.05, 3.63) is 64.8 Å². The average molecular weight is 682 g/mol. The Morgan fingerprint density at radius 2 is 1.88 bits per heavy atom. The number of benzene rings is 2. The minimum absolute atomic E-state index is 0.0527. The third kappa shape index (κ3) is 6.11. The average Bonchev–Trinajstić information content (AvgIpc) is 3.69. The van der Waals surface area contributed by atoms with E-state index in [4.69, 9.17) is 31.0 Å². The van der Waals surface area contributed by atoms with Gasteiger partial charge in [-0.05, 0) is 68.8 Å². The summed E-state index contributed by atoms with van der Waals surface area (Å²) in [5.41, 5.74) is 3.14. The molecule has 5 aliphatic heterocycles. The zero-order valence-corrected chi connectivity index (χ0v) is 29.0. The summed E-state index contributed by atoms with van der Waals surface area (Å²) in [6.07, 6.45) is 9.34. The molecule has 0 spiro atoms. The molecule has 2 aromatic carbocycles. The lowest BCUT2D eigenvalue weighted by atomic mass is 9.88. The summed E-state index contributed by atoms with van der Waals surface area (Å²) in [7, 11) is 0. The minimum Gasteiger partial charge on any atom is -0.461 e. The van der Waals surface area contributed by atoms with Gasteiger partial charge in [0, 0.05) is 48.2 Å². The number of anilines is 2. The molecule has 4 fully saturated rings. The lowest BCUT2D eigenvalue weighted by Gasteiger charge is -2.42. The highest BCUT2D eigenvalue weighted by Gasteiger charge is 2.45. The molecule has 4 saturated heterocycles. The molecule has 0 N–H and O–H groups in total. The number of nitrogens with zero attached hydrogens (tertiary/aromatic N) is 7. The van der Waals surface area contributed by atoms with Crippen molar-refractivity contribution in [2.75, 3.05) is 68.9 Å². The zero-order valence-electron chi connectivity index (χ0n) is 28.2. The normalized spacial score (nSPS) is 23.0. The number of ether oxygens (including phenoxy) is 2. The number of fused-ring (bicyclic) bond motifs is 3. The van der Waals surface area contributed by atoms with E-state index in [1.165, 1.54) is 12.8 Å². The molecular formula is C38H44ClN7O3. The summed E-state index contributed by atoms with van der Waals surface area (Å²) in [5.74, 6) is 0.815. The van der Waals surface area contributed by atoms with Crippen LogP contribution >= 0.6 is 11.6 Å². The fourth-order valence-electron chi connectivity index (χ4n) is 8.63. The summed E-state index contributed by atoms with van der Waals surface area (Å²) in [4.78, 5) is 32.7. The van der Waals surface area contributed by atoms with Gasteiger partial charge >= 0.3 is 6.01 Å². The van der Waals surface area contributed by atoms with Crippen molar-refractivity contribution in [3.8, 4) is 12.1 Å². The van der Waals surface area contributed by atoms with Crippen LogP contribution < -0.4 is 14.5 Å². The second-order valence-electron chi connectivity index (χ2n) is 14.7. The first-order chi connectivity index (χ1) is 23.8. The van der Waals surface area contributed by atoms with E-state index in [0.29, 0.717) is 52.0 Å². The Kier molecular flexibility index (Phi) is 8.63. The highest BCUT2D eigenvalue weighted by Crippen LogP contribution is 2.40. The van der Waals surface area contributed by atoms with Crippen molar-refractivity contribution >= 4 is 39.8 Å². The fraction of sp³-hybridized carbons (Fsp3) is 0.526. The van der Waals surface area contributed by atoms with Gasteiger partial charge in [0.15, 0.2) is 0 Å². The van der Waals surface area contributed by atoms with Crippen LogP contribution in [0.25, 0.3) is 10.8 Å². The van der Waals surface area contributed by atoms with Crippen molar-refractivity contribution in [1.29, 1.82) is 5.26 Å². The molecule has 8 rings (SSSR count). The number of hydrogen-bond acceptors (Lipinski definition) is 9. The van der Waals surface area contributed by atoms with Crippen molar-refractivity contribution < 1.29 is 14.3 Å². The first kappa shape index (κ1) is 32.3. The van der Waals surface area contributed by atoms with Crippen LogP contribution in [0.5, 0.6) is 6.01 Å². The third-order valence-electron chi connectivity index (χ3n) is 11.4. The standard InChI is InChI=1S/C38H44ClN7O3/c1-37(24-48-25-37)15-10-33(47)46-21-20-44(22-28(46)11-16-40)35-29-12-19-43(32-9-3-7-27-6-2-8-30(39)34(27)32)23-31(29)41-36(42-35)49-26-38-13-4-17-45(38)18-5-14-38/h2-3,6-10,15,28H,4-5,11-14,17-26H2,1H3/b15-10+/t28-/m0/s1. The number of rotatable bonds is 8. The van der Waals surface area contributed by atoms with Crippen LogP contribution in [0.1, 0.15) is 50.3 Å². The molecule has 0 aliphatic carbocycles. The summed E-state index contributed by atoms with van der Waals surface area (Å²) >= 11 is 6.76. The van der Waals surface area contributed by atoms with Crippen LogP contribution in [0, 0.1) is 16.7 Å². The van der Waals surface area contributed by atoms with Gasteiger partial charge in [0.25, 0.3) is 0 Å². The lowest BCUT2D eigenvalue weighted by molar-refractivity contribution is -0.128. The molecule has 256 valence electrons. The summed E-state index contributed by atoms with van der Waals surface area (Å²) < 4.78 is 11.9. The number of nitriles is 1. The molecule has 10 nitrogen and oxygen atoms in total. The number of carbonyl (C=O) groups excluding carboxylic acids is 1.